The summed E-state index contributed by atoms with van der Waals surface area (Å²) < 4.78 is 11.4. The molecule has 0 aliphatic heterocycles. The number of rotatable bonds is 8. The van der Waals surface area contributed by atoms with Crippen LogP contribution in [-0.4, -0.2) is 27.5 Å². The van der Waals surface area contributed by atoms with Crippen molar-refractivity contribution in [1.82, 2.24) is 15.2 Å². The van der Waals surface area contributed by atoms with E-state index in [0.717, 1.165) is 27.8 Å². The number of ether oxygens (including phenoxy) is 2. The summed E-state index contributed by atoms with van der Waals surface area (Å²) in [7, 11) is 0. The summed E-state index contributed by atoms with van der Waals surface area (Å²) in [5, 5.41) is 8.49. The van der Waals surface area contributed by atoms with Gasteiger partial charge in [0.25, 0.3) is 0 Å². The lowest BCUT2D eigenvalue weighted by Gasteiger charge is -2.06. The van der Waals surface area contributed by atoms with Crippen LogP contribution in [0.3, 0.4) is 0 Å². The van der Waals surface area contributed by atoms with Gasteiger partial charge >= 0.3 is 0 Å². The second-order valence-electron chi connectivity index (χ2n) is 5.78. The van der Waals surface area contributed by atoms with Gasteiger partial charge in [-0.1, -0.05) is 35.5 Å². The Labute approximate surface area is 162 Å². The first-order valence-corrected chi connectivity index (χ1v) is 9.59. The first kappa shape index (κ1) is 18.6. The van der Waals surface area contributed by atoms with Crippen LogP contribution in [0.4, 0.5) is 0 Å². The predicted octanol–water partition coefficient (Wildman–Crippen LogP) is 4.83. The molecule has 1 aromatic heterocycles. The fourth-order valence-electron chi connectivity index (χ4n) is 2.26. The minimum absolute atomic E-state index is 0.328. The summed E-state index contributed by atoms with van der Waals surface area (Å²) in [5.74, 6) is 3.08. The van der Waals surface area contributed by atoms with Crippen molar-refractivity contribution >= 4 is 23.4 Å². The summed E-state index contributed by atoms with van der Waals surface area (Å²) >= 11 is 7.55. The normalized spacial score (nSPS) is 10.7. The van der Waals surface area contributed by atoms with E-state index in [1.807, 2.05) is 56.3 Å². The topological polar surface area (TPSA) is 60.0 Å². The van der Waals surface area contributed by atoms with Crippen LogP contribution in [-0.2, 0) is 6.61 Å². The minimum Gasteiger partial charge on any atom is -0.493 e. The molecule has 26 heavy (non-hydrogen) atoms. The summed E-state index contributed by atoms with van der Waals surface area (Å²) in [6.45, 7) is 4.91. The molecule has 3 rings (SSSR count). The monoisotopic (exact) mass is 389 g/mol. The number of nitrogens with zero attached hydrogens (tertiary/aromatic N) is 2. The van der Waals surface area contributed by atoms with E-state index in [9.17, 15) is 0 Å². The van der Waals surface area contributed by atoms with Gasteiger partial charge in [0.05, 0.1) is 6.61 Å². The molecular weight excluding hydrogens is 370 g/mol. The first-order valence-electron chi connectivity index (χ1n) is 8.22. The van der Waals surface area contributed by atoms with Crippen LogP contribution in [0, 0.1) is 13.8 Å². The maximum absolute atomic E-state index is 6.01. The van der Waals surface area contributed by atoms with Crippen LogP contribution in [0.2, 0.25) is 5.02 Å². The van der Waals surface area contributed by atoms with Crippen LogP contribution < -0.4 is 9.47 Å². The van der Waals surface area contributed by atoms with E-state index >= 15 is 0 Å². The Balaban J connectivity index is 1.42. The van der Waals surface area contributed by atoms with Crippen molar-refractivity contribution < 1.29 is 9.47 Å². The van der Waals surface area contributed by atoms with Crippen LogP contribution >= 0.6 is 23.4 Å². The third-order valence-corrected chi connectivity index (χ3v) is 4.82. The second kappa shape index (κ2) is 8.96. The molecular formula is C19H20ClN3O2S. The molecule has 0 saturated carbocycles. The predicted molar refractivity (Wildman–Crippen MR) is 104 cm³/mol. The van der Waals surface area contributed by atoms with Crippen molar-refractivity contribution in [3.63, 3.8) is 0 Å². The van der Waals surface area contributed by atoms with Crippen LogP contribution in [0.5, 0.6) is 11.5 Å². The molecule has 0 bridgehead atoms. The standard InChI is InChI=1S/C19H20ClN3O2S/c1-13-4-3-5-15(10-13)24-8-9-26-19-21-18(22-23-19)12-25-16-6-7-17(20)14(2)11-16/h3-7,10-11H,8-9,12H2,1-2H3,(H,21,22,23). The van der Waals surface area contributed by atoms with Crippen molar-refractivity contribution in [3.05, 3.63) is 64.4 Å². The van der Waals surface area contributed by atoms with Crippen LogP contribution in [0.25, 0.3) is 0 Å². The van der Waals surface area contributed by atoms with E-state index in [1.165, 1.54) is 17.3 Å². The van der Waals surface area contributed by atoms with E-state index in [2.05, 4.69) is 15.2 Å². The largest absolute Gasteiger partial charge is 0.493 e. The fourth-order valence-corrected chi connectivity index (χ4v) is 3.01. The van der Waals surface area contributed by atoms with Crippen molar-refractivity contribution in [2.75, 3.05) is 12.4 Å². The maximum Gasteiger partial charge on any atom is 0.208 e. The van der Waals surface area contributed by atoms with Crippen molar-refractivity contribution in [2.45, 2.75) is 25.6 Å². The van der Waals surface area contributed by atoms with Crippen molar-refractivity contribution in [1.29, 1.82) is 0 Å². The highest BCUT2D eigenvalue weighted by Gasteiger charge is 2.06. The van der Waals surface area contributed by atoms with Gasteiger partial charge in [0.2, 0.25) is 5.16 Å². The average Bonchev–Trinajstić information content (AvgIpc) is 3.08. The minimum atomic E-state index is 0.328. The zero-order valence-corrected chi connectivity index (χ0v) is 16.2. The summed E-state index contributed by atoms with van der Waals surface area (Å²) in [6.07, 6.45) is 0. The molecule has 1 N–H and O–H groups in total. The highest BCUT2D eigenvalue weighted by molar-refractivity contribution is 7.99. The summed E-state index contributed by atoms with van der Waals surface area (Å²) in [6, 6.07) is 13.6. The molecule has 0 fully saturated rings. The molecule has 0 amide bonds. The van der Waals surface area contributed by atoms with Crippen LogP contribution in [0.1, 0.15) is 17.0 Å². The Bertz CT molecular complexity index is 869. The molecule has 0 atom stereocenters. The number of benzene rings is 2. The highest BCUT2D eigenvalue weighted by atomic mass is 35.5. The number of H-pyrrole nitrogens is 1. The number of thioether (sulfide) groups is 1. The van der Waals surface area contributed by atoms with Crippen molar-refractivity contribution in [2.24, 2.45) is 0 Å². The van der Waals surface area contributed by atoms with Gasteiger partial charge in [0.1, 0.15) is 18.1 Å². The van der Waals surface area contributed by atoms with E-state index in [1.54, 1.807) is 0 Å². The number of hydrogen-bond donors (Lipinski definition) is 1. The van der Waals surface area contributed by atoms with Gasteiger partial charge in [-0.05, 0) is 55.3 Å². The lowest BCUT2D eigenvalue weighted by Crippen LogP contribution is -2.00. The molecule has 0 aliphatic rings. The van der Waals surface area contributed by atoms with Crippen LogP contribution in [0.15, 0.2) is 47.6 Å². The smallest absolute Gasteiger partial charge is 0.208 e. The van der Waals surface area contributed by atoms with Gasteiger partial charge in [0, 0.05) is 10.8 Å². The Morgan fingerprint density at radius 1 is 1.08 bits per heavy atom. The third kappa shape index (κ3) is 5.41. The molecule has 1 heterocycles. The molecule has 0 aliphatic carbocycles. The highest BCUT2D eigenvalue weighted by Crippen LogP contribution is 2.22. The Kier molecular flexibility index (Phi) is 6.41. The molecule has 0 saturated heterocycles. The van der Waals surface area contributed by atoms with Gasteiger partial charge < -0.3 is 9.47 Å². The molecule has 136 valence electrons. The quantitative estimate of drug-likeness (QED) is 0.442. The lowest BCUT2D eigenvalue weighted by atomic mass is 10.2. The SMILES string of the molecule is Cc1cccc(OCCSc2n[nH]c(COc3ccc(Cl)c(C)c3)n2)c1. The van der Waals surface area contributed by atoms with Gasteiger partial charge in [-0.25, -0.2) is 4.98 Å². The maximum atomic E-state index is 6.01. The third-order valence-electron chi connectivity index (χ3n) is 3.59. The summed E-state index contributed by atoms with van der Waals surface area (Å²) in [5.41, 5.74) is 2.16. The zero-order chi connectivity index (χ0) is 18.4. The first-order chi connectivity index (χ1) is 12.6. The fraction of sp³-hybridized carbons (Fsp3) is 0.263. The lowest BCUT2D eigenvalue weighted by molar-refractivity contribution is 0.296. The molecule has 0 radical (unpaired) electrons. The Morgan fingerprint density at radius 2 is 1.92 bits per heavy atom. The molecule has 5 nitrogen and oxygen atoms in total. The number of aromatic nitrogens is 3. The molecule has 0 spiro atoms. The number of aromatic amines is 1. The number of hydrogen-bond acceptors (Lipinski definition) is 5. The molecule has 3 aromatic rings. The molecule has 0 unspecified atom stereocenters. The van der Waals surface area contributed by atoms with Crippen molar-refractivity contribution in [3.8, 4) is 11.5 Å². The number of nitrogens with one attached hydrogen (secondary N) is 1. The number of aryl methyl sites for hydroxylation is 2. The zero-order valence-electron chi connectivity index (χ0n) is 14.7. The van der Waals surface area contributed by atoms with E-state index in [-0.39, 0.29) is 0 Å². The Hall–Kier alpha value is -2.18. The molecule has 7 heteroatoms. The Morgan fingerprint density at radius 3 is 2.73 bits per heavy atom. The summed E-state index contributed by atoms with van der Waals surface area (Å²) in [4.78, 5) is 4.41. The van der Waals surface area contributed by atoms with E-state index < -0.39 is 0 Å². The second-order valence-corrected chi connectivity index (χ2v) is 7.25. The van der Waals surface area contributed by atoms with E-state index in [0.29, 0.717) is 24.2 Å². The van der Waals surface area contributed by atoms with Gasteiger partial charge in [-0.3, -0.25) is 5.10 Å². The molecule has 2 aromatic carbocycles. The van der Waals surface area contributed by atoms with Gasteiger partial charge in [0.15, 0.2) is 5.82 Å². The average molecular weight is 390 g/mol. The van der Waals surface area contributed by atoms with Gasteiger partial charge in [-0.15, -0.1) is 5.10 Å². The number of halogens is 1. The van der Waals surface area contributed by atoms with Gasteiger partial charge in [-0.2, -0.15) is 0 Å². The van der Waals surface area contributed by atoms with E-state index in [4.69, 9.17) is 21.1 Å².